The van der Waals surface area contributed by atoms with Gasteiger partial charge in [-0.3, -0.25) is 4.79 Å². The molecule has 0 bridgehead atoms. The Morgan fingerprint density at radius 3 is 2.52 bits per heavy atom. The highest BCUT2D eigenvalue weighted by Crippen LogP contribution is 2.30. The summed E-state index contributed by atoms with van der Waals surface area (Å²) in [5.74, 6) is 2.24. The number of carbonyl (C=O) groups is 1. The van der Waals surface area contributed by atoms with Crippen LogP contribution >= 0.6 is 0 Å². The van der Waals surface area contributed by atoms with Crippen LogP contribution in [0.3, 0.4) is 0 Å². The van der Waals surface area contributed by atoms with Gasteiger partial charge in [0, 0.05) is 38.2 Å². The SMILES string of the molecule is Cc1cc(C(=O)N2CCn3c(nnc3C3CCN(S(=O)(=O)C(C)C)CC3)C2)no1. The van der Waals surface area contributed by atoms with E-state index in [0.717, 1.165) is 24.5 Å². The quantitative estimate of drug-likeness (QED) is 0.726. The van der Waals surface area contributed by atoms with Gasteiger partial charge in [-0.05, 0) is 33.6 Å². The van der Waals surface area contributed by atoms with E-state index in [9.17, 15) is 13.2 Å². The number of carbonyl (C=O) groups excluding carboxylic acids is 1. The predicted octanol–water partition coefficient (Wildman–Crippen LogP) is 1.15. The van der Waals surface area contributed by atoms with Crippen LogP contribution in [0, 0.1) is 6.92 Å². The van der Waals surface area contributed by atoms with Gasteiger partial charge in [-0.2, -0.15) is 0 Å². The number of rotatable bonds is 4. The number of hydrogen-bond donors (Lipinski definition) is 0. The van der Waals surface area contributed by atoms with E-state index in [4.69, 9.17) is 4.52 Å². The Morgan fingerprint density at radius 1 is 1.17 bits per heavy atom. The van der Waals surface area contributed by atoms with Crippen LogP contribution in [0.1, 0.15) is 60.5 Å². The van der Waals surface area contributed by atoms with Crippen LogP contribution in [-0.4, -0.2) is 68.3 Å². The first-order valence-electron chi connectivity index (χ1n) is 9.91. The van der Waals surface area contributed by atoms with Gasteiger partial charge in [-0.25, -0.2) is 12.7 Å². The third kappa shape index (κ3) is 3.68. The summed E-state index contributed by atoms with van der Waals surface area (Å²) in [4.78, 5) is 14.3. The maximum atomic E-state index is 12.6. The summed E-state index contributed by atoms with van der Waals surface area (Å²) in [5.41, 5.74) is 0.300. The minimum Gasteiger partial charge on any atom is -0.361 e. The highest BCUT2D eigenvalue weighted by Gasteiger charge is 2.34. The van der Waals surface area contributed by atoms with E-state index < -0.39 is 15.3 Å². The smallest absolute Gasteiger partial charge is 0.276 e. The minimum absolute atomic E-state index is 0.176. The van der Waals surface area contributed by atoms with E-state index in [-0.39, 0.29) is 11.8 Å². The van der Waals surface area contributed by atoms with Gasteiger partial charge in [-0.15, -0.1) is 10.2 Å². The molecule has 2 aliphatic rings. The van der Waals surface area contributed by atoms with E-state index in [1.165, 1.54) is 0 Å². The first-order chi connectivity index (χ1) is 13.8. The predicted molar refractivity (Wildman–Crippen MR) is 104 cm³/mol. The second kappa shape index (κ2) is 7.52. The zero-order chi connectivity index (χ0) is 20.8. The summed E-state index contributed by atoms with van der Waals surface area (Å²) in [6, 6.07) is 1.63. The summed E-state index contributed by atoms with van der Waals surface area (Å²) < 4.78 is 33.4. The van der Waals surface area contributed by atoms with Crippen molar-refractivity contribution in [3.05, 3.63) is 29.2 Å². The zero-order valence-electron chi connectivity index (χ0n) is 16.9. The Kier molecular flexibility index (Phi) is 5.19. The van der Waals surface area contributed by atoms with Crippen LogP contribution < -0.4 is 0 Å². The molecule has 2 aliphatic heterocycles. The summed E-state index contributed by atoms with van der Waals surface area (Å²) in [5, 5.41) is 12.1. The van der Waals surface area contributed by atoms with Crippen LogP contribution in [0.4, 0.5) is 0 Å². The third-order valence-electron chi connectivity index (χ3n) is 5.69. The molecule has 0 saturated carbocycles. The Labute approximate surface area is 169 Å². The Morgan fingerprint density at radius 2 is 1.90 bits per heavy atom. The Balaban J connectivity index is 1.43. The van der Waals surface area contributed by atoms with Crippen molar-refractivity contribution < 1.29 is 17.7 Å². The van der Waals surface area contributed by atoms with Crippen molar-refractivity contribution in [1.29, 1.82) is 0 Å². The van der Waals surface area contributed by atoms with Crippen molar-refractivity contribution in [2.45, 2.75) is 57.9 Å². The molecule has 0 spiro atoms. The van der Waals surface area contributed by atoms with Crippen molar-refractivity contribution in [2.75, 3.05) is 19.6 Å². The molecular weight excluding hydrogens is 396 g/mol. The number of sulfonamides is 1. The molecule has 158 valence electrons. The molecule has 11 heteroatoms. The van der Waals surface area contributed by atoms with Crippen molar-refractivity contribution in [1.82, 2.24) is 29.1 Å². The average molecular weight is 423 g/mol. The molecule has 4 heterocycles. The maximum absolute atomic E-state index is 12.6. The lowest BCUT2D eigenvalue weighted by molar-refractivity contribution is 0.0695. The normalized spacial score (nSPS) is 19.0. The molecule has 0 aliphatic carbocycles. The minimum atomic E-state index is -3.22. The summed E-state index contributed by atoms with van der Waals surface area (Å²) in [6.45, 7) is 7.72. The molecule has 2 aromatic rings. The number of aryl methyl sites for hydroxylation is 1. The molecule has 2 aromatic heterocycles. The van der Waals surface area contributed by atoms with Gasteiger partial charge in [0.05, 0.1) is 11.8 Å². The molecule has 0 unspecified atom stereocenters. The van der Waals surface area contributed by atoms with Gasteiger partial charge in [0.1, 0.15) is 11.6 Å². The number of piperidine rings is 1. The second-order valence-corrected chi connectivity index (χ2v) is 10.4. The molecule has 0 N–H and O–H groups in total. The molecular formula is C18H26N6O4S. The lowest BCUT2D eigenvalue weighted by atomic mass is 9.97. The molecule has 1 saturated heterocycles. The van der Waals surface area contributed by atoms with Crippen LogP contribution in [0.25, 0.3) is 0 Å². The fraction of sp³-hybridized carbons (Fsp3) is 0.667. The van der Waals surface area contributed by atoms with E-state index >= 15 is 0 Å². The highest BCUT2D eigenvalue weighted by molar-refractivity contribution is 7.89. The van der Waals surface area contributed by atoms with E-state index in [2.05, 4.69) is 19.9 Å². The Hall–Kier alpha value is -2.27. The molecule has 1 fully saturated rings. The van der Waals surface area contributed by atoms with Crippen molar-refractivity contribution in [3.8, 4) is 0 Å². The van der Waals surface area contributed by atoms with Gasteiger partial charge in [-0.1, -0.05) is 5.16 Å². The Bertz CT molecular complexity index is 1000. The average Bonchev–Trinajstić information content (AvgIpc) is 3.33. The summed E-state index contributed by atoms with van der Waals surface area (Å²) in [7, 11) is -3.22. The standard InChI is InChI=1S/C18H26N6O4S/c1-12(2)29(26,27)23-6-4-14(5-7-23)17-20-19-16-11-22(8-9-24(16)17)18(25)15-10-13(3)28-21-15/h10,12,14H,4-9,11H2,1-3H3. The molecule has 0 radical (unpaired) electrons. The fourth-order valence-electron chi connectivity index (χ4n) is 3.95. The maximum Gasteiger partial charge on any atom is 0.276 e. The second-order valence-electron chi connectivity index (χ2n) is 7.94. The summed E-state index contributed by atoms with van der Waals surface area (Å²) in [6.07, 6.45) is 1.45. The molecule has 10 nitrogen and oxygen atoms in total. The lowest BCUT2D eigenvalue weighted by Gasteiger charge is -2.33. The van der Waals surface area contributed by atoms with E-state index in [1.54, 1.807) is 36.0 Å². The van der Waals surface area contributed by atoms with Gasteiger partial charge >= 0.3 is 0 Å². The highest BCUT2D eigenvalue weighted by atomic mass is 32.2. The summed E-state index contributed by atoms with van der Waals surface area (Å²) >= 11 is 0. The first-order valence-corrected chi connectivity index (χ1v) is 11.4. The van der Waals surface area contributed by atoms with Crippen LogP contribution in [-0.2, 0) is 23.1 Å². The number of aromatic nitrogens is 4. The van der Waals surface area contributed by atoms with Gasteiger partial charge < -0.3 is 14.0 Å². The number of hydrogen-bond acceptors (Lipinski definition) is 7. The van der Waals surface area contributed by atoms with Crippen molar-refractivity contribution in [3.63, 3.8) is 0 Å². The molecule has 4 rings (SSSR count). The molecule has 29 heavy (non-hydrogen) atoms. The topological polar surface area (TPSA) is 114 Å². The van der Waals surface area contributed by atoms with Crippen LogP contribution in [0.2, 0.25) is 0 Å². The number of fused-ring (bicyclic) bond motifs is 1. The van der Waals surface area contributed by atoms with Gasteiger partial charge in [0.2, 0.25) is 10.0 Å². The largest absolute Gasteiger partial charge is 0.361 e. The lowest BCUT2D eigenvalue weighted by Crippen LogP contribution is -2.42. The van der Waals surface area contributed by atoms with Gasteiger partial charge in [0.15, 0.2) is 11.5 Å². The number of amides is 1. The van der Waals surface area contributed by atoms with Crippen LogP contribution in [0.15, 0.2) is 10.6 Å². The fourth-order valence-corrected chi connectivity index (χ4v) is 5.27. The third-order valence-corrected chi connectivity index (χ3v) is 7.97. The van der Waals surface area contributed by atoms with Crippen molar-refractivity contribution in [2.24, 2.45) is 0 Å². The zero-order valence-corrected chi connectivity index (χ0v) is 17.7. The molecule has 0 aromatic carbocycles. The molecule has 1 amide bonds. The van der Waals surface area contributed by atoms with E-state index in [1.807, 2.05) is 0 Å². The number of nitrogens with zero attached hydrogens (tertiary/aromatic N) is 6. The van der Waals surface area contributed by atoms with Crippen LogP contribution in [0.5, 0.6) is 0 Å². The monoisotopic (exact) mass is 422 g/mol. The van der Waals surface area contributed by atoms with Crippen molar-refractivity contribution >= 4 is 15.9 Å². The van der Waals surface area contributed by atoms with Gasteiger partial charge in [0.25, 0.3) is 5.91 Å². The molecule has 0 atom stereocenters. The first kappa shape index (κ1) is 20.0. The van der Waals surface area contributed by atoms with E-state index in [0.29, 0.717) is 44.2 Å².